The molecule has 0 unspecified atom stereocenters. The number of aliphatic hydroxyl groups excluding tert-OH is 1. The number of anilines is 1. The van der Waals surface area contributed by atoms with E-state index in [4.69, 9.17) is 10.8 Å². The number of hydrogen-bond donors (Lipinski definition) is 2. The van der Waals surface area contributed by atoms with E-state index in [9.17, 15) is 0 Å². The van der Waals surface area contributed by atoms with E-state index in [1.807, 2.05) is 12.1 Å². The maximum Gasteiger partial charge on any atom is 0.0900 e. The van der Waals surface area contributed by atoms with Crippen molar-refractivity contribution in [2.45, 2.75) is 6.61 Å². The summed E-state index contributed by atoms with van der Waals surface area (Å²) >= 11 is 0. The Kier molecular flexibility index (Phi) is 2.16. The van der Waals surface area contributed by atoms with E-state index < -0.39 is 0 Å². The number of nitrogens with two attached hydrogens (primary N) is 1. The van der Waals surface area contributed by atoms with E-state index in [1.165, 1.54) is 6.20 Å². The largest absolute Gasteiger partial charge is 0.399 e. The van der Waals surface area contributed by atoms with Gasteiger partial charge < -0.3 is 10.8 Å². The minimum absolute atomic E-state index is 0.0859. The van der Waals surface area contributed by atoms with Crippen LogP contribution in [0.3, 0.4) is 0 Å². The van der Waals surface area contributed by atoms with Crippen LogP contribution in [0.5, 0.6) is 0 Å². The highest BCUT2D eigenvalue weighted by Crippen LogP contribution is 2.11. The van der Waals surface area contributed by atoms with Crippen LogP contribution in [0.25, 0.3) is 5.69 Å². The molecular formula is C9H10N4O. The third-order valence-corrected chi connectivity index (χ3v) is 1.92. The molecule has 0 aliphatic heterocycles. The average molecular weight is 190 g/mol. The number of benzene rings is 1. The molecule has 0 amide bonds. The molecule has 3 N–H and O–H groups in total. The van der Waals surface area contributed by atoms with E-state index >= 15 is 0 Å². The lowest BCUT2D eigenvalue weighted by molar-refractivity contribution is 0.273. The molecule has 0 atom stereocenters. The molecule has 0 bridgehead atoms. The zero-order chi connectivity index (χ0) is 9.97. The van der Waals surface area contributed by atoms with Crippen molar-refractivity contribution < 1.29 is 5.11 Å². The maximum atomic E-state index is 9.00. The standard InChI is InChI=1S/C9H10N4O/c10-7-1-3-8(4-2-7)13-9(6-14)5-11-12-13/h1-5,14H,6,10H2. The number of aromatic nitrogens is 3. The molecule has 2 rings (SSSR count). The normalized spacial score (nSPS) is 10.4. The van der Waals surface area contributed by atoms with E-state index in [-0.39, 0.29) is 6.61 Å². The van der Waals surface area contributed by atoms with Crippen LogP contribution < -0.4 is 5.73 Å². The van der Waals surface area contributed by atoms with Crippen LogP contribution in [0.4, 0.5) is 5.69 Å². The average Bonchev–Trinajstić information content (AvgIpc) is 2.67. The van der Waals surface area contributed by atoms with Gasteiger partial charge in [0.05, 0.1) is 24.2 Å². The minimum atomic E-state index is -0.0859. The van der Waals surface area contributed by atoms with Crippen molar-refractivity contribution in [1.82, 2.24) is 15.0 Å². The second kappa shape index (κ2) is 3.47. The maximum absolute atomic E-state index is 9.00. The first-order valence-electron chi connectivity index (χ1n) is 4.17. The lowest BCUT2D eigenvalue weighted by atomic mass is 10.3. The monoisotopic (exact) mass is 190 g/mol. The molecule has 0 saturated carbocycles. The first-order chi connectivity index (χ1) is 6.81. The van der Waals surface area contributed by atoms with Crippen molar-refractivity contribution in [3.05, 3.63) is 36.2 Å². The lowest BCUT2D eigenvalue weighted by Gasteiger charge is -2.03. The van der Waals surface area contributed by atoms with Crippen molar-refractivity contribution in [1.29, 1.82) is 0 Å². The molecule has 5 heteroatoms. The Hall–Kier alpha value is -1.88. The number of nitrogens with zero attached hydrogens (tertiary/aromatic N) is 3. The van der Waals surface area contributed by atoms with Crippen molar-refractivity contribution in [2.75, 3.05) is 5.73 Å². The van der Waals surface area contributed by atoms with Crippen molar-refractivity contribution in [3.63, 3.8) is 0 Å². The van der Waals surface area contributed by atoms with Gasteiger partial charge in [0, 0.05) is 5.69 Å². The third kappa shape index (κ3) is 1.45. The van der Waals surface area contributed by atoms with Crippen LogP contribution in [0.1, 0.15) is 5.69 Å². The second-order valence-electron chi connectivity index (χ2n) is 2.89. The quantitative estimate of drug-likeness (QED) is 0.669. The SMILES string of the molecule is Nc1ccc(-n2nncc2CO)cc1. The Morgan fingerprint density at radius 2 is 2.00 bits per heavy atom. The van der Waals surface area contributed by atoms with Crippen LogP contribution in [0.15, 0.2) is 30.5 Å². The third-order valence-electron chi connectivity index (χ3n) is 1.92. The van der Waals surface area contributed by atoms with Gasteiger partial charge in [0.1, 0.15) is 0 Å². The zero-order valence-corrected chi connectivity index (χ0v) is 7.46. The van der Waals surface area contributed by atoms with Gasteiger partial charge in [-0.3, -0.25) is 0 Å². The highest BCUT2D eigenvalue weighted by molar-refractivity contribution is 5.44. The van der Waals surface area contributed by atoms with Crippen LogP contribution >= 0.6 is 0 Å². The van der Waals surface area contributed by atoms with E-state index in [2.05, 4.69) is 10.3 Å². The Morgan fingerprint density at radius 1 is 1.29 bits per heavy atom. The van der Waals surface area contributed by atoms with Crippen molar-refractivity contribution in [3.8, 4) is 5.69 Å². The summed E-state index contributed by atoms with van der Waals surface area (Å²) in [6, 6.07) is 7.20. The molecule has 1 aromatic heterocycles. The second-order valence-corrected chi connectivity index (χ2v) is 2.89. The fourth-order valence-electron chi connectivity index (χ4n) is 1.20. The number of aliphatic hydroxyl groups is 1. The van der Waals surface area contributed by atoms with Gasteiger partial charge in [0.15, 0.2) is 0 Å². The molecule has 0 aliphatic rings. The van der Waals surface area contributed by atoms with Gasteiger partial charge in [-0.15, -0.1) is 5.10 Å². The van der Waals surface area contributed by atoms with Gasteiger partial charge in [0.2, 0.25) is 0 Å². The van der Waals surface area contributed by atoms with Crippen molar-refractivity contribution >= 4 is 5.69 Å². The number of hydrogen-bond acceptors (Lipinski definition) is 4. The first-order valence-corrected chi connectivity index (χ1v) is 4.17. The molecule has 1 heterocycles. The molecule has 1 aromatic carbocycles. The Balaban J connectivity index is 2.44. The predicted octanol–water partition coefficient (Wildman–Crippen LogP) is 0.342. The molecule has 0 spiro atoms. The summed E-state index contributed by atoms with van der Waals surface area (Å²) in [5, 5.41) is 16.6. The molecule has 2 aromatic rings. The van der Waals surface area contributed by atoms with Gasteiger partial charge >= 0.3 is 0 Å². The highest BCUT2D eigenvalue weighted by atomic mass is 16.3. The van der Waals surface area contributed by atoms with Crippen LogP contribution in [0.2, 0.25) is 0 Å². The van der Waals surface area contributed by atoms with Gasteiger partial charge in [-0.05, 0) is 24.3 Å². The zero-order valence-electron chi connectivity index (χ0n) is 7.46. The van der Waals surface area contributed by atoms with Crippen molar-refractivity contribution in [2.24, 2.45) is 0 Å². The van der Waals surface area contributed by atoms with E-state index in [1.54, 1.807) is 16.8 Å². The summed E-state index contributed by atoms with van der Waals surface area (Å²) in [6.45, 7) is -0.0859. The minimum Gasteiger partial charge on any atom is -0.399 e. The number of rotatable bonds is 2. The van der Waals surface area contributed by atoms with E-state index in [0.29, 0.717) is 11.4 Å². The predicted molar refractivity (Wildman–Crippen MR) is 51.7 cm³/mol. The van der Waals surface area contributed by atoms with Crippen LogP contribution in [-0.2, 0) is 6.61 Å². The summed E-state index contributed by atoms with van der Waals surface area (Å²) in [4.78, 5) is 0. The fraction of sp³-hybridized carbons (Fsp3) is 0.111. The van der Waals surface area contributed by atoms with Crippen LogP contribution in [0, 0.1) is 0 Å². The molecule has 5 nitrogen and oxygen atoms in total. The smallest absolute Gasteiger partial charge is 0.0900 e. The van der Waals surface area contributed by atoms with Gasteiger partial charge in [-0.1, -0.05) is 5.21 Å². The summed E-state index contributed by atoms with van der Waals surface area (Å²) < 4.78 is 1.57. The molecular weight excluding hydrogens is 180 g/mol. The van der Waals surface area contributed by atoms with E-state index in [0.717, 1.165) is 5.69 Å². The molecule has 72 valence electrons. The van der Waals surface area contributed by atoms with Crippen LogP contribution in [-0.4, -0.2) is 20.1 Å². The summed E-state index contributed by atoms with van der Waals surface area (Å²) in [5.41, 5.74) is 7.73. The summed E-state index contributed by atoms with van der Waals surface area (Å²) in [6.07, 6.45) is 1.52. The molecule has 0 radical (unpaired) electrons. The summed E-state index contributed by atoms with van der Waals surface area (Å²) in [5.74, 6) is 0. The van der Waals surface area contributed by atoms with Gasteiger partial charge in [0.25, 0.3) is 0 Å². The summed E-state index contributed by atoms with van der Waals surface area (Å²) in [7, 11) is 0. The molecule has 0 aliphatic carbocycles. The Labute approximate surface area is 80.8 Å². The molecule has 0 fully saturated rings. The molecule has 14 heavy (non-hydrogen) atoms. The lowest BCUT2D eigenvalue weighted by Crippen LogP contribution is -2.02. The van der Waals surface area contributed by atoms with Gasteiger partial charge in [-0.25, -0.2) is 4.68 Å². The Bertz CT molecular complexity index is 421. The Morgan fingerprint density at radius 3 is 2.64 bits per heavy atom. The number of nitrogen functional groups attached to an aromatic ring is 1. The topological polar surface area (TPSA) is 77.0 Å². The first kappa shape index (κ1) is 8.71. The highest BCUT2D eigenvalue weighted by Gasteiger charge is 2.03. The molecule has 0 saturated heterocycles. The van der Waals surface area contributed by atoms with Gasteiger partial charge in [-0.2, -0.15) is 0 Å². The fourth-order valence-corrected chi connectivity index (χ4v) is 1.20.